The van der Waals surface area contributed by atoms with Crippen molar-refractivity contribution < 1.29 is 0 Å². The Morgan fingerprint density at radius 1 is 1.39 bits per heavy atom. The summed E-state index contributed by atoms with van der Waals surface area (Å²) < 4.78 is 2.29. The van der Waals surface area contributed by atoms with Gasteiger partial charge in [0.15, 0.2) is 11.8 Å². The molecule has 2 fully saturated rings. The molecule has 1 aliphatic heterocycles. The predicted molar refractivity (Wildman–Crippen MR) is 107 cm³/mol. The number of aromatic nitrogens is 3. The molecule has 0 atom stereocenters. The van der Waals surface area contributed by atoms with Crippen molar-refractivity contribution in [1.29, 1.82) is 0 Å². The van der Waals surface area contributed by atoms with Crippen LogP contribution in [0.1, 0.15) is 38.3 Å². The van der Waals surface area contributed by atoms with Crippen LogP contribution >= 0.6 is 35.7 Å². The lowest BCUT2D eigenvalue weighted by Crippen LogP contribution is -2.51. The zero-order chi connectivity index (χ0) is 15.7. The first-order chi connectivity index (χ1) is 10.4. The molecule has 130 valence electrons. The Morgan fingerprint density at radius 2 is 2.13 bits per heavy atom. The van der Waals surface area contributed by atoms with Gasteiger partial charge < -0.3 is 14.8 Å². The van der Waals surface area contributed by atoms with Gasteiger partial charge in [0, 0.05) is 36.7 Å². The second-order valence-corrected chi connectivity index (χ2v) is 8.61. The van der Waals surface area contributed by atoms with Gasteiger partial charge in [0.25, 0.3) is 0 Å². The standard InChI is InChI=1S/C15H26N6S.HI/c1-11-18-19-13(20(11)4)9-16-14(17-12-5-6-12)21-7-8-22-15(2,3)10-21;/h12H,5-10H2,1-4H3,(H,16,17);1H. The van der Waals surface area contributed by atoms with E-state index in [4.69, 9.17) is 4.99 Å². The third kappa shape index (κ3) is 4.98. The molecule has 0 spiro atoms. The highest BCUT2D eigenvalue weighted by Crippen LogP contribution is 2.30. The quantitative estimate of drug-likeness (QED) is 0.435. The van der Waals surface area contributed by atoms with Crippen molar-refractivity contribution in [2.24, 2.45) is 12.0 Å². The highest BCUT2D eigenvalue weighted by atomic mass is 127. The highest BCUT2D eigenvalue weighted by molar-refractivity contribution is 14.0. The van der Waals surface area contributed by atoms with Gasteiger partial charge in [0.2, 0.25) is 0 Å². The third-order valence-electron chi connectivity index (χ3n) is 4.19. The van der Waals surface area contributed by atoms with Gasteiger partial charge >= 0.3 is 0 Å². The fourth-order valence-corrected chi connectivity index (χ4v) is 3.69. The zero-order valence-corrected chi connectivity index (χ0v) is 17.5. The Morgan fingerprint density at radius 3 is 2.70 bits per heavy atom. The average Bonchev–Trinajstić information content (AvgIpc) is 3.22. The van der Waals surface area contributed by atoms with Crippen LogP contribution in [-0.4, -0.2) is 55.3 Å². The minimum absolute atomic E-state index is 0. The van der Waals surface area contributed by atoms with Crippen LogP contribution in [0.5, 0.6) is 0 Å². The molecular weight excluding hydrogens is 423 g/mol. The first-order valence-electron chi connectivity index (χ1n) is 7.99. The molecule has 23 heavy (non-hydrogen) atoms. The summed E-state index contributed by atoms with van der Waals surface area (Å²) in [7, 11) is 1.99. The van der Waals surface area contributed by atoms with Crippen molar-refractivity contribution in [3.63, 3.8) is 0 Å². The van der Waals surface area contributed by atoms with E-state index in [-0.39, 0.29) is 28.7 Å². The van der Waals surface area contributed by atoms with E-state index in [0.717, 1.165) is 36.5 Å². The number of thioether (sulfide) groups is 1. The summed E-state index contributed by atoms with van der Waals surface area (Å²) in [6.45, 7) is 9.26. The molecule has 0 radical (unpaired) electrons. The van der Waals surface area contributed by atoms with Gasteiger partial charge in [-0.2, -0.15) is 11.8 Å². The van der Waals surface area contributed by atoms with E-state index < -0.39 is 0 Å². The minimum atomic E-state index is 0. The number of halogens is 1. The number of nitrogens with one attached hydrogen (secondary N) is 1. The summed E-state index contributed by atoms with van der Waals surface area (Å²) in [6, 6.07) is 0.609. The van der Waals surface area contributed by atoms with Gasteiger partial charge in [0.05, 0.1) is 0 Å². The van der Waals surface area contributed by atoms with Gasteiger partial charge in [-0.1, -0.05) is 0 Å². The maximum atomic E-state index is 4.84. The van der Waals surface area contributed by atoms with Crippen LogP contribution in [-0.2, 0) is 13.6 Å². The number of aryl methyl sites for hydroxylation is 1. The summed E-state index contributed by atoms with van der Waals surface area (Å²) >= 11 is 2.05. The molecule has 0 bridgehead atoms. The Hall–Kier alpha value is -0.510. The number of guanidine groups is 1. The molecule has 6 nitrogen and oxygen atoms in total. The zero-order valence-electron chi connectivity index (χ0n) is 14.4. The van der Waals surface area contributed by atoms with Crippen LogP contribution in [0.4, 0.5) is 0 Å². The summed E-state index contributed by atoms with van der Waals surface area (Å²) in [4.78, 5) is 7.24. The lowest BCUT2D eigenvalue weighted by atomic mass is 10.2. The normalized spacial score (nSPS) is 21.0. The van der Waals surface area contributed by atoms with Crippen molar-refractivity contribution in [1.82, 2.24) is 25.0 Å². The molecule has 0 amide bonds. The van der Waals surface area contributed by atoms with E-state index in [1.165, 1.54) is 12.8 Å². The Bertz CT molecular complexity index is 566. The van der Waals surface area contributed by atoms with Crippen LogP contribution in [0.25, 0.3) is 0 Å². The minimum Gasteiger partial charge on any atom is -0.353 e. The Kier molecular flexibility index (Phi) is 6.21. The molecule has 1 saturated carbocycles. The lowest BCUT2D eigenvalue weighted by molar-refractivity contribution is 0.374. The second-order valence-electron chi connectivity index (χ2n) is 6.81. The number of aliphatic imine (C=N–C) groups is 1. The largest absolute Gasteiger partial charge is 0.353 e. The SMILES string of the molecule is Cc1nnc(CN=C(NC2CC2)N2CCSC(C)(C)C2)n1C.I. The monoisotopic (exact) mass is 450 g/mol. The van der Waals surface area contributed by atoms with Crippen LogP contribution < -0.4 is 5.32 Å². The maximum absolute atomic E-state index is 4.84. The van der Waals surface area contributed by atoms with Crippen molar-refractivity contribution in [2.45, 2.75) is 50.9 Å². The van der Waals surface area contributed by atoms with Crippen molar-refractivity contribution in [3.8, 4) is 0 Å². The Labute approximate surface area is 159 Å². The smallest absolute Gasteiger partial charge is 0.194 e. The number of hydrogen-bond acceptors (Lipinski definition) is 4. The molecule has 1 aromatic heterocycles. The van der Waals surface area contributed by atoms with Crippen LogP contribution in [0.15, 0.2) is 4.99 Å². The summed E-state index contributed by atoms with van der Waals surface area (Å²) in [5, 5.41) is 11.9. The molecular formula is C15H27IN6S. The second kappa shape index (κ2) is 7.58. The third-order valence-corrected chi connectivity index (χ3v) is 5.49. The average molecular weight is 450 g/mol. The molecule has 2 heterocycles. The highest BCUT2D eigenvalue weighted by Gasteiger charge is 2.31. The number of hydrogen-bond donors (Lipinski definition) is 1. The van der Waals surface area contributed by atoms with E-state index in [1.807, 2.05) is 30.3 Å². The Balaban J connectivity index is 0.00000192. The molecule has 2 aliphatic rings. The number of nitrogens with zero attached hydrogens (tertiary/aromatic N) is 5. The predicted octanol–water partition coefficient (Wildman–Crippen LogP) is 2.18. The van der Waals surface area contributed by atoms with Gasteiger partial charge in [-0.3, -0.25) is 0 Å². The molecule has 8 heteroatoms. The lowest BCUT2D eigenvalue weighted by Gasteiger charge is -2.39. The fraction of sp³-hybridized carbons (Fsp3) is 0.800. The maximum Gasteiger partial charge on any atom is 0.194 e. The van der Waals surface area contributed by atoms with Crippen LogP contribution in [0, 0.1) is 6.92 Å². The molecule has 0 unspecified atom stereocenters. The van der Waals surface area contributed by atoms with Crippen molar-refractivity contribution >= 4 is 41.7 Å². The first kappa shape index (κ1) is 18.8. The topological polar surface area (TPSA) is 58.3 Å². The van der Waals surface area contributed by atoms with Crippen LogP contribution in [0.2, 0.25) is 0 Å². The number of rotatable bonds is 3. The molecule has 1 saturated heterocycles. The fourth-order valence-electron chi connectivity index (χ4n) is 2.58. The van der Waals surface area contributed by atoms with Gasteiger partial charge in [-0.25, -0.2) is 4.99 Å². The first-order valence-corrected chi connectivity index (χ1v) is 8.98. The van der Waals surface area contributed by atoms with Crippen LogP contribution in [0.3, 0.4) is 0 Å². The van der Waals surface area contributed by atoms with Crippen molar-refractivity contribution in [2.75, 3.05) is 18.8 Å². The summed E-state index contributed by atoms with van der Waals surface area (Å²) in [5.41, 5.74) is 0. The van der Waals surface area contributed by atoms with E-state index in [1.54, 1.807) is 0 Å². The van der Waals surface area contributed by atoms with Crippen molar-refractivity contribution in [3.05, 3.63) is 11.6 Å². The molecule has 1 aromatic rings. The molecule has 1 aliphatic carbocycles. The van der Waals surface area contributed by atoms with E-state index >= 15 is 0 Å². The van der Waals surface area contributed by atoms with E-state index in [2.05, 4.69) is 34.3 Å². The summed E-state index contributed by atoms with van der Waals surface area (Å²) in [5.74, 6) is 4.04. The molecule has 0 aromatic carbocycles. The van der Waals surface area contributed by atoms with E-state index in [9.17, 15) is 0 Å². The molecule has 1 N–H and O–H groups in total. The van der Waals surface area contributed by atoms with E-state index in [0.29, 0.717) is 12.6 Å². The van der Waals surface area contributed by atoms with Gasteiger partial charge in [0.1, 0.15) is 12.4 Å². The van der Waals surface area contributed by atoms with Gasteiger partial charge in [-0.15, -0.1) is 34.2 Å². The molecule has 3 rings (SSSR count). The van der Waals surface area contributed by atoms with Gasteiger partial charge in [-0.05, 0) is 33.6 Å². The summed E-state index contributed by atoms with van der Waals surface area (Å²) in [6.07, 6.45) is 2.52.